The van der Waals surface area contributed by atoms with E-state index in [1.807, 2.05) is 28.8 Å². The number of imidazole rings is 1. The van der Waals surface area contributed by atoms with Crippen molar-refractivity contribution in [1.29, 1.82) is 0 Å². The zero-order chi connectivity index (χ0) is 18.8. The molecule has 1 aromatic carbocycles. The van der Waals surface area contributed by atoms with Crippen molar-refractivity contribution in [2.45, 2.75) is 19.3 Å². The highest BCUT2D eigenvalue weighted by atomic mass is 35.5. The Balaban J connectivity index is 1.36. The van der Waals surface area contributed by atoms with Crippen molar-refractivity contribution in [3.63, 3.8) is 0 Å². The summed E-state index contributed by atoms with van der Waals surface area (Å²) in [6, 6.07) is 5.94. The smallest absolute Gasteiger partial charge is 0.298 e. The van der Waals surface area contributed by atoms with E-state index in [0.717, 1.165) is 37.1 Å². The molecule has 0 aliphatic carbocycles. The SMILES string of the molecule is Cn1ccnc1CCNC(=O)C1CCCN(c2nc3cc(Cl)ccc3o2)C1. The lowest BCUT2D eigenvalue weighted by atomic mass is 9.97. The second kappa shape index (κ2) is 7.60. The van der Waals surface area contributed by atoms with Crippen LogP contribution in [0.1, 0.15) is 18.7 Å². The van der Waals surface area contributed by atoms with Crippen LogP contribution in [-0.4, -0.2) is 40.1 Å². The largest absolute Gasteiger partial charge is 0.423 e. The highest BCUT2D eigenvalue weighted by Gasteiger charge is 2.28. The Bertz CT molecular complexity index is 951. The maximum Gasteiger partial charge on any atom is 0.298 e. The van der Waals surface area contributed by atoms with E-state index in [1.54, 1.807) is 18.3 Å². The van der Waals surface area contributed by atoms with E-state index in [2.05, 4.69) is 15.3 Å². The van der Waals surface area contributed by atoms with Crippen LogP contribution in [0.3, 0.4) is 0 Å². The van der Waals surface area contributed by atoms with E-state index in [9.17, 15) is 4.79 Å². The second-order valence-corrected chi connectivity index (χ2v) is 7.33. The van der Waals surface area contributed by atoms with Crippen LogP contribution in [-0.2, 0) is 18.3 Å². The van der Waals surface area contributed by atoms with Gasteiger partial charge >= 0.3 is 0 Å². The van der Waals surface area contributed by atoms with Crippen molar-refractivity contribution in [3.8, 4) is 0 Å². The van der Waals surface area contributed by atoms with E-state index in [0.29, 0.717) is 29.7 Å². The minimum absolute atomic E-state index is 0.0706. The highest BCUT2D eigenvalue weighted by Crippen LogP contribution is 2.28. The number of benzene rings is 1. The monoisotopic (exact) mass is 387 g/mol. The number of rotatable bonds is 5. The van der Waals surface area contributed by atoms with Crippen LogP contribution in [0.15, 0.2) is 35.0 Å². The molecular formula is C19H22ClN5O2. The molecule has 0 radical (unpaired) electrons. The average molecular weight is 388 g/mol. The number of carbonyl (C=O) groups excluding carboxylic acids is 1. The number of amides is 1. The predicted molar refractivity (Wildman–Crippen MR) is 104 cm³/mol. The Morgan fingerprint density at radius 1 is 1.44 bits per heavy atom. The van der Waals surface area contributed by atoms with Gasteiger partial charge in [-0.15, -0.1) is 0 Å². The number of nitrogens with one attached hydrogen (secondary N) is 1. The van der Waals surface area contributed by atoms with Gasteiger partial charge in [0.05, 0.1) is 5.92 Å². The first-order valence-electron chi connectivity index (χ1n) is 9.15. The van der Waals surface area contributed by atoms with Crippen LogP contribution in [0.5, 0.6) is 0 Å². The average Bonchev–Trinajstić information content (AvgIpc) is 3.27. The Morgan fingerprint density at radius 3 is 3.15 bits per heavy atom. The molecule has 0 spiro atoms. The van der Waals surface area contributed by atoms with Gasteiger partial charge in [-0.25, -0.2) is 4.98 Å². The Labute approximate surface area is 162 Å². The van der Waals surface area contributed by atoms with Gasteiger partial charge in [0.15, 0.2) is 5.58 Å². The van der Waals surface area contributed by atoms with E-state index in [1.165, 1.54) is 0 Å². The molecule has 1 atom stereocenters. The molecule has 27 heavy (non-hydrogen) atoms. The number of hydrogen-bond acceptors (Lipinski definition) is 5. The van der Waals surface area contributed by atoms with Crippen molar-refractivity contribution in [2.75, 3.05) is 24.5 Å². The summed E-state index contributed by atoms with van der Waals surface area (Å²) in [6.45, 7) is 2.02. The zero-order valence-corrected chi connectivity index (χ0v) is 15.9. The number of nitrogens with zero attached hydrogens (tertiary/aromatic N) is 4. The molecule has 4 rings (SSSR count). The van der Waals surface area contributed by atoms with Crippen LogP contribution in [0, 0.1) is 5.92 Å². The molecule has 0 saturated carbocycles. The Kier molecular flexibility index (Phi) is 5.03. The van der Waals surface area contributed by atoms with Crippen LogP contribution in [0.25, 0.3) is 11.1 Å². The fourth-order valence-electron chi connectivity index (χ4n) is 3.47. The van der Waals surface area contributed by atoms with E-state index in [-0.39, 0.29) is 11.8 Å². The van der Waals surface area contributed by atoms with Crippen molar-refractivity contribution in [2.24, 2.45) is 13.0 Å². The molecule has 3 aromatic rings. The van der Waals surface area contributed by atoms with E-state index in [4.69, 9.17) is 16.0 Å². The number of oxazole rings is 1. The minimum Gasteiger partial charge on any atom is -0.423 e. The summed E-state index contributed by atoms with van der Waals surface area (Å²) in [7, 11) is 1.96. The fourth-order valence-corrected chi connectivity index (χ4v) is 3.63. The first-order chi connectivity index (χ1) is 13.1. The zero-order valence-electron chi connectivity index (χ0n) is 15.2. The molecule has 1 aliphatic rings. The van der Waals surface area contributed by atoms with Crippen molar-refractivity contribution < 1.29 is 9.21 Å². The molecule has 1 saturated heterocycles. The maximum absolute atomic E-state index is 12.6. The molecule has 2 aromatic heterocycles. The summed E-state index contributed by atoms with van der Waals surface area (Å²) in [5.74, 6) is 0.970. The quantitative estimate of drug-likeness (QED) is 0.728. The molecule has 1 unspecified atom stereocenters. The molecular weight excluding hydrogens is 366 g/mol. The van der Waals surface area contributed by atoms with Crippen molar-refractivity contribution in [3.05, 3.63) is 41.4 Å². The molecule has 8 heteroatoms. The minimum atomic E-state index is -0.0706. The van der Waals surface area contributed by atoms with Crippen LogP contribution in [0.2, 0.25) is 5.02 Å². The first-order valence-corrected chi connectivity index (χ1v) is 9.53. The van der Waals surface area contributed by atoms with E-state index >= 15 is 0 Å². The summed E-state index contributed by atoms with van der Waals surface area (Å²) in [6.07, 6.45) is 6.19. The van der Waals surface area contributed by atoms with Gasteiger partial charge in [0, 0.05) is 50.5 Å². The van der Waals surface area contributed by atoms with Crippen molar-refractivity contribution in [1.82, 2.24) is 19.9 Å². The number of aromatic nitrogens is 3. The Morgan fingerprint density at radius 2 is 2.33 bits per heavy atom. The summed E-state index contributed by atoms with van der Waals surface area (Å²) < 4.78 is 7.81. The summed E-state index contributed by atoms with van der Waals surface area (Å²) in [5.41, 5.74) is 1.44. The summed E-state index contributed by atoms with van der Waals surface area (Å²) >= 11 is 6.02. The van der Waals surface area contributed by atoms with Crippen molar-refractivity contribution >= 4 is 34.6 Å². The third-order valence-electron chi connectivity index (χ3n) is 4.97. The molecule has 1 fully saturated rings. The number of halogens is 1. The molecule has 3 heterocycles. The predicted octanol–water partition coefficient (Wildman–Crippen LogP) is 2.79. The molecule has 7 nitrogen and oxygen atoms in total. The number of carbonyl (C=O) groups is 1. The van der Waals surface area contributed by atoms with Gasteiger partial charge < -0.3 is 19.2 Å². The van der Waals surface area contributed by atoms with Gasteiger partial charge in [-0.2, -0.15) is 4.98 Å². The maximum atomic E-state index is 12.6. The van der Waals surface area contributed by atoms with Crippen LogP contribution < -0.4 is 10.2 Å². The molecule has 1 amide bonds. The molecule has 1 N–H and O–H groups in total. The van der Waals surface area contributed by atoms with E-state index < -0.39 is 0 Å². The standard InChI is InChI=1S/C19H22ClN5O2/c1-24-10-8-21-17(24)6-7-22-18(26)13-3-2-9-25(12-13)19-23-15-11-14(20)4-5-16(15)27-19/h4-5,8,10-11,13H,2-3,6-7,9,12H2,1H3,(H,22,26). The lowest BCUT2D eigenvalue weighted by Gasteiger charge is -2.30. The lowest BCUT2D eigenvalue weighted by Crippen LogP contribution is -2.43. The number of anilines is 1. The van der Waals surface area contributed by atoms with Gasteiger partial charge in [0.1, 0.15) is 11.3 Å². The molecule has 0 bridgehead atoms. The fraction of sp³-hybridized carbons (Fsp3) is 0.421. The third kappa shape index (κ3) is 3.93. The highest BCUT2D eigenvalue weighted by molar-refractivity contribution is 6.31. The normalized spacial score (nSPS) is 17.4. The number of aryl methyl sites for hydroxylation is 1. The third-order valence-corrected chi connectivity index (χ3v) is 5.20. The number of hydrogen-bond donors (Lipinski definition) is 1. The number of fused-ring (bicyclic) bond motifs is 1. The topological polar surface area (TPSA) is 76.2 Å². The summed E-state index contributed by atoms with van der Waals surface area (Å²) in [4.78, 5) is 23.4. The van der Waals surface area contributed by atoms with Gasteiger partial charge in [-0.05, 0) is 31.0 Å². The molecule has 142 valence electrons. The second-order valence-electron chi connectivity index (χ2n) is 6.89. The summed E-state index contributed by atoms with van der Waals surface area (Å²) in [5, 5.41) is 3.67. The van der Waals surface area contributed by atoms with Gasteiger partial charge in [-0.3, -0.25) is 4.79 Å². The van der Waals surface area contributed by atoms with Gasteiger partial charge in [0.25, 0.3) is 6.01 Å². The number of piperidine rings is 1. The van der Waals surface area contributed by atoms with Gasteiger partial charge in [0.2, 0.25) is 5.91 Å². The van der Waals surface area contributed by atoms with Crippen LogP contribution in [0.4, 0.5) is 6.01 Å². The first kappa shape index (κ1) is 17.9. The lowest BCUT2D eigenvalue weighted by molar-refractivity contribution is -0.125. The van der Waals surface area contributed by atoms with Crippen LogP contribution >= 0.6 is 11.6 Å². The Hall–Kier alpha value is -2.54. The van der Waals surface area contributed by atoms with Gasteiger partial charge in [-0.1, -0.05) is 11.6 Å². The molecule has 1 aliphatic heterocycles.